The number of nitrogens with zero attached hydrogens (tertiary/aromatic N) is 3. The Morgan fingerprint density at radius 3 is 2.60 bits per heavy atom. The first-order valence-corrected chi connectivity index (χ1v) is 8.97. The molecule has 0 aliphatic carbocycles. The topological polar surface area (TPSA) is 131 Å². The van der Waals surface area contributed by atoms with Gasteiger partial charge in [0.05, 0.1) is 40.7 Å². The number of thiophene rings is 1. The Labute approximate surface area is 151 Å². The Bertz CT molecular complexity index is 932. The van der Waals surface area contributed by atoms with Crippen LogP contribution in [0.4, 0.5) is 0 Å². The molecule has 2 aliphatic heterocycles. The molecule has 25 heavy (non-hydrogen) atoms. The van der Waals surface area contributed by atoms with E-state index in [0.29, 0.717) is 5.03 Å². The lowest BCUT2D eigenvalue weighted by molar-refractivity contribution is -0.139. The Balaban J connectivity index is 2.19. The van der Waals surface area contributed by atoms with E-state index in [1.807, 2.05) is 24.4 Å². The van der Waals surface area contributed by atoms with Crippen LogP contribution in [0.3, 0.4) is 0 Å². The van der Waals surface area contributed by atoms with Gasteiger partial charge < -0.3 is 10.8 Å². The highest BCUT2D eigenvalue weighted by Crippen LogP contribution is 2.50. The van der Waals surface area contributed by atoms with Gasteiger partial charge in [-0.2, -0.15) is 10.5 Å². The van der Waals surface area contributed by atoms with Crippen LogP contribution in [-0.2, 0) is 9.59 Å². The minimum absolute atomic E-state index is 0.0281. The average Bonchev–Trinajstić information content (AvgIpc) is 3.11. The van der Waals surface area contributed by atoms with Crippen LogP contribution in [-0.4, -0.2) is 27.1 Å². The molecule has 3 rings (SSSR count). The predicted molar refractivity (Wildman–Crippen MR) is 91.7 cm³/mol. The summed E-state index contributed by atoms with van der Waals surface area (Å²) in [5.74, 6) is -2.29. The fraction of sp³-hybridized carbons (Fsp3) is 0.250. The lowest BCUT2D eigenvalue weighted by atomic mass is 9.87. The van der Waals surface area contributed by atoms with Crippen LogP contribution < -0.4 is 5.73 Å². The van der Waals surface area contributed by atoms with E-state index in [9.17, 15) is 20.1 Å². The number of thioether (sulfide) groups is 1. The van der Waals surface area contributed by atoms with Crippen LogP contribution in [0.2, 0.25) is 0 Å². The van der Waals surface area contributed by atoms with Crippen molar-refractivity contribution in [2.75, 3.05) is 0 Å². The Morgan fingerprint density at radius 2 is 2.08 bits per heavy atom. The maximum atomic E-state index is 12.5. The van der Waals surface area contributed by atoms with Crippen molar-refractivity contribution in [3.05, 3.63) is 43.9 Å². The molecule has 1 aromatic rings. The summed E-state index contributed by atoms with van der Waals surface area (Å²) in [6.45, 7) is 1.88. The largest absolute Gasteiger partial charge is 0.481 e. The van der Waals surface area contributed by atoms with E-state index in [1.165, 1.54) is 11.3 Å². The van der Waals surface area contributed by atoms with Gasteiger partial charge in [0, 0.05) is 4.88 Å². The van der Waals surface area contributed by atoms with Crippen molar-refractivity contribution in [1.29, 1.82) is 10.5 Å². The van der Waals surface area contributed by atoms with E-state index in [-0.39, 0.29) is 23.4 Å². The average molecular weight is 372 g/mol. The molecule has 0 radical (unpaired) electrons. The molecule has 1 fully saturated rings. The van der Waals surface area contributed by atoms with Crippen molar-refractivity contribution in [1.82, 2.24) is 4.90 Å². The molecule has 1 aromatic heterocycles. The van der Waals surface area contributed by atoms with Crippen molar-refractivity contribution in [3.8, 4) is 12.1 Å². The first kappa shape index (κ1) is 17.1. The number of carboxylic acids is 1. The van der Waals surface area contributed by atoms with Crippen molar-refractivity contribution in [3.63, 3.8) is 0 Å². The van der Waals surface area contributed by atoms with Crippen molar-refractivity contribution in [2.45, 2.75) is 24.5 Å². The van der Waals surface area contributed by atoms with Crippen LogP contribution in [0.25, 0.3) is 0 Å². The summed E-state index contributed by atoms with van der Waals surface area (Å²) in [5, 5.41) is 29.6. The lowest BCUT2D eigenvalue weighted by Gasteiger charge is -2.29. The third kappa shape index (κ3) is 2.58. The predicted octanol–water partition coefficient (Wildman–Crippen LogP) is 2.00. The summed E-state index contributed by atoms with van der Waals surface area (Å²) in [7, 11) is 0. The van der Waals surface area contributed by atoms with Crippen LogP contribution in [0, 0.1) is 29.6 Å². The highest BCUT2D eigenvalue weighted by atomic mass is 32.2. The van der Waals surface area contributed by atoms with Gasteiger partial charge in [-0.1, -0.05) is 11.8 Å². The molecule has 1 amide bonds. The van der Waals surface area contributed by atoms with E-state index in [2.05, 4.69) is 6.07 Å². The number of carbonyl (C=O) groups excluding carboxylic acids is 1. The van der Waals surface area contributed by atoms with Crippen molar-refractivity contribution < 1.29 is 14.7 Å². The minimum atomic E-state index is -1.11. The fourth-order valence-electron chi connectivity index (χ4n) is 2.89. The number of nitrogens with two attached hydrogens (primary N) is 1. The number of fused-ring (bicyclic) bond motifs is 1. The third-order valence-corrected chi connectivity index (χ3v) is 6.40. The molecule has 1 saturated heterocycles. The first-order chi connectivity index (χ1) is 11.9. The highest BCUT2D eigenvalue weighted by Gasteiger charge is 2.47. The van der Waals surface area contributed by atoms with Gasteiger partial charge in [0.2, 0.25) is 5.91 Å². The van der Waals surface area contributed by atoms with Gasteiger partial charge in [0.25, 0.3) is 0 Å². The lowest BCUT2D eigenvalue weighted by Crippen LogP contribution is -2.37. The first-order valence-electron chi connectivity index (χ1n) is 7.21. The second-order valence-corrected chi connectivity index (χ2v) is 7.66. The van der Waals surface area contributed by atoms with Gasteiger partial charge in [0.15, 0.2) is 0 Å². The SMILES string of the molecule is Cc1ccsc1C1C(C#N)=C(N)N2C(=O)C(CC(=O)O)SC2=C1C#N. The highest BCUT2D eigenvalue weighted by molar-refractivity contribution is 8.04. The monoisotopic (exact) mass is 372 g/mol. The molecule has 2 aliphatic rings. The number of hydrogen-bond donors (Lipinski definition) is 2. The summed E-state index contributed by atoms with van der Waals surface area (Å²) in [5.41, 5.74) is 7.40. The van der Waals surface area contributed by atoms with Gasteiger partial charge in [-0.05, 0) is 23.9 Å². The number of allylic oxidation sites excluding steroid dienone is 2. The van der Waals surface area contributed by atoms with Gasteiger partial charge >= 0.3 is 5.97 Å². The molecule has 126 valence electrons. The summed E-state index contributed by atoms with van der Waals surface area (Å²) >= 11 is 2.43. The number of aryl methyl sites for hydroxylation is 1. The zero-order valence-corrected chi connectivity index (χ0v) is 14.6. The zero-order valence-electron chi connectivity index (χ0n) is 13.0. The number of rotatable bonds is 3. The van der Waals surface area contributed by atoms with Crippen LogP contribution in [0.1, 0.15) is 22.8 Å². The standard InChI is InChI=1S/C16H12N4O3S2/c1-7-2-3-24-13(7)12-8(5-17)14(19)20-15(23)10(4-11(21)22)25-16(20)9(12)6-18/h2-3,10,12H,4,19H2,1H3,(H,21,22). The molecule has 0 spiro atoms. The number of carbonyl (C=O) groups is 2. The van der Waals surface area contributed by atoms with E-state index in [4.69, 9.17) is 10.8 Å². The van der Waals surface area contributed by atoms with Gasteiger partial charge in [-0.25, -0.2) is 0 Å². The Morgan fingerprint density at radius 1 is 1.40 bits per heavy atom. The molecule has 7 nitrogen and oxygen atoms in total. The summed E-state index contributed by atoms with van der Waals surface area (Å²) in [6.07, 6.45) is -0.375. The van der Waals surface area contributed by atoms with Crippen LogP contribution in [0.15, 0.2) is 33.4 Å². The second-order valence-electron chi connectivity index (χ2n) is 5.52. The number of carboxylic acid groups (broad SMARTS) is 1. The second kappa shape index (κ2) is 6.28. The van der Waals surface area contributed by atoms with Crippen LogP contribution in [0.5, 0.6) is 0 Å². The van der Waals surface area contributed by atoms with Gasteiger partial charge in [-0.15, -0.1) is 11.3 Å². The van der Waals surface area contributed by atoms with Gasteiger partial charge in [-0.3, -0.25) is 14.5 Å². The smallest absolute Gasteiger partial charge is 0.305 e. The molecule has 0 bridgehead atoms. The fourth-order valence-corrected chi connectivity index (χ4v) is 5.22. The molecule has 9 heteroatoms. The maximum Gasteiger partial charge on any atom is 0.305 e. The third-order valence-electron chi connectivity index (χ3n) is 4.04. The van der Waals surface area contributed by atoms with E-state index < -0.39 is 23.0 Å². The summed E-state index contributed by atoms with van der Waals surface area (Å²) < 4.78 is 0. The minimum Gasteiger partial charge on any atom is -0.481 e. The molecule has 3 heterocycles. The maximum absolute atomic E-state index is 12.5. The van der Waals surface area contributed by atoms with Gasteiger partial charge in [0.1, 0.15) is 11.1 Å². The van der Waals surface area contributed by atoms with Crippen LogP contribution >= 0.6 is 23.1 Å². The molecular formula is C16H12N4O3S2. The zero-order chi connectivity index (χ0) is 18.3. The molecule has 2 unspecified atom stereocenters. The number of aliphatic carboxylic acids is 1. The molecule has 2 atom stereocenters. The number of hydrogen-bond acceptors (Lipinski definition) is 7. The Kier molecular flexibility index (Phi) is 4.29. The van der Waals surface area contributed by atoms with E-state index in [1.54, 1.807) is 0 Å². The molecule has 0 aromatic carbocycles. The van der Waals surface area contributed by atoms with Crippen molar-refractivity contribution in [2.24, 2.45) is 5.73 Å². The van der Waals surface area contributed by atoms with Crippen molar-refractivity contribution >= 4 is 35.0 Å². The number of nitriles is 2. The van der Waals surface area contributed by atoms with E-state index in [0.717, 1.165) is 27.1 Å². The molecular weight excluding hydrogens is 360 g/mol. The quantitative estimate of drug-likeness (QED) is 0.829. The number of amides is 1. The summed E-state index contributed by atoms with van der Waals surface area (Å²) in [6, 6.07) is 6.02. The Hall–Kier alpha value is -2.75. The summed E-state index contributed by atoms with van der Waals surface area (Å²) in [4.78, 5) is 25.5. The molecule has 3 N–H and O–H groups in total. The van der Waals surface area contributed by atoms with E-state index >= 15 is 0 Å². The normalized spacial score (nSPS) is 22.7. The molecule has 0 saturated carbocycles.